The molecule has 0 unspecified atom stereocenters. The summed E-state index contributed by atoms with van der Waals surface area (Å²) in [6.07, 6.45) is 1.12. The lowest BCUT2D eigenvalue weighted by Crippen LogP contribution is -2.35. The van der Waals surface area contributed by atoms with E-state index in [9.17, 15) is 0 Å². The van der Waals surface area contributed by atoms with Crippen molar-refractivity contribution in [1.29, 1.82) is 0 Å². The Morgan fingerprint density at radius 2 is 1.94 bits per heavy atom. The van der Waals surface area contributed by atoms with Crippen molar-refractivity contribution in [1.82, 2.24) is 15.5 Å². The van der Waals surface area contributed by atoms with Gasteiger partial charge in [-0.25, -0.2) is 0 Å². The third-order valence-electron chi connectivity index (χ3n) is 2.46. The molecular formula is C13H24N4. The molecule has 1 heterocycles. The molecule has 0 saturated heterocycles. The van der Waals surface area contributed by atoms with Gasteiger partial charge < -0.3 is 10.2 Å². The SMILES string of the molecule is CCCN(C)c1ccc(CNC(C)(C)C)nn1. The normalized spacial score (nSPS) is 11.6. The minimum Gasteiger partial charge on any atom is -0.358 e. The van der Waals surface area contributed by atoms with E-state index in [-0.39, 0.29) is 5.54 Å². The molecule has 1 rings (SSSR count). The smallest absolute Gasteiger partial charge is 0.150 e. The predicted molar refractivity (Wildman–Crippen MR) is 72.2 cm³/mol. The highest BCUT2D eigenvalue weighted by Gasteiger charge is 2.09. The Labute approximate surface area is 104 Å². The fraction of sp³-hybridized carbons (Fsp3) is 0.692. The van der Waals surface area contributed by atoms with E-state index in [1.54, 1.807) is 0 Å². The van der Waals surface area contributed by atoms with Crippen LogP contribution in [0.5, 0.6) is 0 Å². The first kappa shape index (κ1) is 13.9. The van der Waals surface area contributed by atoms with Crippen molar-refractivity contribution < 1.29 is 0 Å². The zero-order valence-corrected chi connectivity index (χ0v) is 11.6. The number of hydrogen-bond donors (Lipinski definition) is 1. The number of anilines is 1. The van der Waals surface area contributed by atoms with Gasteiger partial charge in [0.15, 0.2) is 5.82 Å². The van der Waals surface area contributed by atoms with E-state index in [0.717, 1.165) is 31.0 Å². The Kier molecular flexibility index (Phi) is 4.87. The van der Waals surface area contributed by atoms with Crippen LogP contribution in [0.3, 0.4) is 0 Å². The van der Waals surface area contributed by atoms with Crippen LogP contribution in [0, 0.1) is 0 Å². The Hall–Kier alpha value is -1.16. The lowest BCUT2D eigenvalue weighted by Gasteiger charge is -2.20. The maximum atomic E-state index is 4.23. The molecule has 96 valence electrons. The van der Waals surface area contributed by atoms with Crippen LogP contribution in [-0.4, -0.2) is 29.3 Å². The third-order valence-corrected chi connectivity index (χ3v) is 2.46. The van der Waals surface area contributed by atoms with Crippen molar-refractivity contribution in [2.24, 2.45) is 0 Å². The van der Waals surface area contributed by atoms with Crippen LogP contribution in [0.4, 0.5) is 5.82 Å². The van der Waals surface area contributed by atoms with Crippen molar-refractivity contribution in [3.8, 4) is 0 Å². The van der Waals surface area contributed by atoms with E-state index in [1.165, 1.54) is 0 Å². The zero-order chi connectivity index (χ0) is 12.9. The molecule has 4 heteroatoms. The molecule has 0 atom stereocenters. The highest BCUT2D eigenvalue weighted by Crippen LogP contribution is 2.08. The largest absolute Gasteiger partial charge is 0.358 e. The summed E-state index contributed by atoms with van der Waals surface area (Å²) in [5.41, 5.74) is 1.09. The van der Waals surface area contributed by atoms with E-state index in [0.29, 0.717) is 0 Å². The second-order valence-corrected chi connectivity index (χ2v) is 5.41. The van der Waals surface area contributed by atoms with E-state index >= 15 is 0 Å². The molecule has 0 aliphatic heterocycles. The van der Waals surface area contributed by atoms with Gasteiger partial charge in [0.2, 0.25) is 0 Å². The summed E-state index contributed by atoms with van der Waals surface area (Å²) in [6, 6.07) is 4.07. The van der Waals surface area contributed by atoms with Gasteiger partial charge >= 0.3 is 0 Å². The van der Waals surface area contributed by atoms with Crippen LogP contribution in [0.25, 0.3) is 0 Å². The topological polar surface area (TPSA) is 41.0 Å². The quantitative estimate of drug-likeness (QED) is 0.851. The van der Waals surface area contributed by atoms with Crippen LogP contribution >= 0.6 is 0 Å². The van der Waals surface area contributed by atoms with Gasteiger partial charge in [-0.05, 0) is 39.3 Å². The first-order chi connectivity index (χ1) is 7.92. The zero-order valence-electron chi connectivity index (χ0n) is 11.6. The number of nitrogens with zero attached hydrogens (tertiary/aromatic N) is 3. The number of nitrogens with one attached hydrogen (secondary N) is 1. The predicted octanol–water partition coefficient (Wildman–Crippen LogP) is 2.21. The minimum atomic E-state index is 0.110. The van der Waals surface area contributed by atoms with Crippen LogP contribution in [0.15, 0.2) is 12.1 Å². The van der Waals surface area contributed by atoms with Gasteiger partial charge in [-0.15, -0.1) is 5.10 Å². The molecular weight excluding hydrogens is 212 g/mol. The summed E-state index contributed by atoms with van der Waals surface area (Å²) in [6.45, 7) is 10.4. The summed E-state index contributed by atoms with van der Waals surface area (Å²) in [7, 11) is 2.04. The van der Waals surface area contributed by atoms with Crippen molar-refractivity contribution >= 4 is 5.82 Å². The summed E-state index contributed by atoms with van der Waals surface area (Å²) in [5, 5.41) is 11.9. The van der Waals surface area contributed by atoms with Crippen molar-refractivity contribution in [2.45, 2.75) is 46.2 Å². The fourth-order valence-corrected chi connectivity index (χ4v) is 1.46. The number of hydrogen-bond acceptors (Lipinski definition) is 4. The van der Waals surface area contributed by atoms with Crippen LogP contribution < -0.4 is 10.2 Å². The summed E-state index contributed by atoms with van der Waals surface area (Å²) in [4.78, 5) is 2.12. The van der Waals surface area contributed by atoms with E-state index in [4.69, 9.17) is 0 Å². The first-order valence-electron chi connectivity index (χ1n) is 6.21. The molecule has 0 fully saturated rings. The van der Waals surface area contributed by atoms with E-state index in [1.807, 2.05) is 19.2 Å². The highest BCUT2D eigenvalue weighted by atomic mass is 15.2. The second kappa shape index (κ2) is 5.96. The van der Waals surface area contributed by atoms with Gasteiger partial charge in [0.1, 0.15) is 0 Å². The molecule has 0 amide bonds. The van der Waals surface area contributed by atoms with Gasteiger partial charge in [-0.2, -0.15) is 5.10 Å². The van der Waals surface area contributed by atoms with Crippen molar-refractivity contribution in [2.75, 3.05) is 18.5 Å². The molecule has 1 aromatic heterocycles. The molecule has 0 bridgehead atoms. The lowest BCUT2D eigenvalue weighted by atomic mass is 10.1. The van der Waals surface area contributed by atoms with Crippen LogP contribution in [-0.2, 0) is 6.54 Å². The van der Waals surface area contributed by atoms with Gasteiger partial charge in [-0.3, -0.25) is 0 Å². The summed E-state index contributed by atoms with van der Waals surface area (Å²) < 4.78 is 0. The monoisotopic (exact) mass is 236 g/mol. The molecule has 4 nitrogen and oxygen atoms in total. The molecule has 17 heavy (non-hydrogen) atoms. The van der Waals surface area contributed by atoms with Gasteiger partial charge in [0, 0.05) is 25.7 Å². The highest BCUT2D eigenvalue weighted by molar-refractivity contribution is 5.35. The Balaban J connectivity index is 2.56. The van der Waals surface area contributed by atoms with Crippen molar-refractivity contribution in [3.63, 3.8) is 0 Å². The average molecular weight is 236 g/mol. The standard InChI is InChI=1S/C13H24N4/c1-6-9-17(5)12-8-7-11(15-16-12)10-14-13(2,3)4/h7-8,14H,6,9-10H2,1-5H3. The maximum Gasteiger partial charge on any atom is 0.150 e. The number of aromatic nitrogens is 2. The molecule has 1 aromatic rings. The molecule has 0 radical (unpaired) electrons. The van der Waals surface area contributed by atoms with Crippen LogP contribution in [0.2, 0.25) is 0 Å². The maximum absolute atomic E-state index is 4.23. The third kappa shape index (κ3) is 5.13. The summed E-state index contributed by atoms with van der Waals surface area (Å²) in [5.74, 6) is 0.936. The lowest BCUT2D eigenvalue weighted by molar-refractivity contribution is 0.420. The molecule has 0 aliphatic carbocycles. The Morgan fingerprint density at radius 1 is 1.24 bits per heavy atom. The second-order valence-electron chi connectivity index (χ2n) is 5.41. The molecule has 0 aromatic carbocycles. The number of rotatable bonds is 5. The fourth-order valence-electron chi connectivity index (χ4n) is 1.46. The summed E-state index contributed by atoms with van der Waals surface area (Å²) >= 11 is 0. The van der Waals surface area contributed by atoms with Gasteiger partial charge in [0.05, 0.1) is 5.69 Å². The van der Waals surface area contributed by atoms with E-state index < -0.39 is 0 Å². The van der Waals surface area contributed by atoms with Gasteiger partial charge in [-0.1, -0.05) is 6.92 Å². The molecule has 0 spiro atoms. The first-order valence-corrected chi connectivity index (χ1v) is 6.21. The minimum absolute atomic E-state index is 0.110. The Morgan fingerprint density at radius 3 is 2.41 bits per heavy atom. The molecule has 1 N–H and O–H groups in total. The van der Waals surface area contributed by atoms with Gasteiger partial charge in [0.25, 0.3) is 0 Å². The Bertz CT molecular complexity index is 326. The average Bonchev–Trinajstić information content (AvgIpc) is 2.26. The molecule has 0 aliphatic rings. The van der Waals surface area contributed by atoms with E-state index in [2.05, 4.69) is 48.1 Å². The van der Waals surface area contributed by atoms with Crippen molar-refractivity contribution in [3.05, 3.63) is 17.8 Å². The molecule has 0 saturated carbocycles. The van der Waals surface area contributed by atoms with Crippen LogP contribution in [0.1, 0.15) is 39.8 Å².